The van der Waals surface area contributed by atoms with E-state index in [0.717, 1.165) is 5.41 Å². The van der Waals surface area contributed by atoms with Crippen LogP contribution < -0.4 is 5.48 Å². The Morgan fingerprint density at radius 1 is 1.35 bits per heavy atom. The summed E-state index contributed by atoms with van der Waals surface area (Å²) in [6.07, 6.45) is 0.908. The summed E-state index contributed by atoms with van der Waals surface area (Å²) >= 11 is 0. The van der Waals surface area contributed by atoms with Crippen molar-refractivity contribution in [2.24, 2.45) is 0 Å². The van der Waals surface area contributed by atoms with Crippen LogP contribution in [0.4, 0.5) is 0 Å². The fourth-order valence-corrected chi connectivity index (χ4v) is 3.30. The SMILES string of the molecule is O=S1(=O)C=CC2ONC(c3cccc(O)c3)=C21. The number of hydroxylamine groups is 1. The molecule has 0 aromatic heterocycles. The van der Waals surface area contributed by atoms with Gasteiger partial charge in [-0.1, -0.05) is 12.1 Å². The van der Waals surface area contributed by atoms with E-state index in [9.17, 15) is 13.5 Å². The van der Waals surface area contributed by atoms with Crippen molar-refractivity contribution >= 4 is 15.5 Å². The number of phenolic OH excluding ortho intramolecular Hbond substituents is 1. The fourth-order valence-electron chi connectivity index (χ4n) is 1.91. The number of hydrogen-bond donors (Lipinski definition) is 2. The third-order valence-electron chi connectivity index (χ3n) is 2.67. The quantitative estimate of drug-likeness (QED) is 0.775. The van der Waals surface area contributed by atoms with E-state index < -0.39 is 15.9 Å². The van der Waals surface area contributed by atoms with Crippen LogP contribution in [-0.2, 0) is 14.7 Å². The van der Waals surface area contributed by atoms with Crippen molar-refractivity contribution in [3.8, 4) is 5.75 Å². The normalized spacial score (nSPS) is 24.8. The Bertz CT molecular complexity index is 645. The predicted molar refractivity (Wildman–Crippen MR) is 61.1 cm³/mol. The van der Waals surface area contributed by atoms with Crippen LogP contribution in [0.3, 0.4) is 0 Å². The highest BCUT2D eigenvalue weighted by molar-refractivity contribution is 7.98. The maximum Gasteiger partial charge on any atom is 0.200 e. The Hall–Kier alpha value is -1.79. The maximum atomic E-state index is 11.8. The Morgan fingerprint density at radius 2 is 2.18 bits per heavy atom. The molecule has 2 heterocycles. The molecule has 0 aliphatic carbocycles. The molecule has 6 heteroatoms. The summed E-state index contributed by atoms with van der Waals surface area (Å²) < 4.78 is 23.6. The van der Waals surface area contributed by atoms with Crippen LogP contribution in [0, 0.1) is 0 Å². The monoisotopic (exact) mass is 251 g/mol. The van der Waals surface area contributed by atoms with Gasteiger partial charge >= 0.3 is 0 Å². The number of rotatable bonds is 1. The lowest BCUT2D eigenvalue weighted by molar-refractivity contribution is 0.0777. The molecule has 2 N–H and O–H groups in total. The highest BCUT2D eigenvalue weighted by atomic mass is 32.2. The minimum Gasteiger partial charge on any atom is -0.508 e. The van der Waals surface area contributed by atoms with E-state index in [1.807, 2.05) is 0 Å². The van der Waals surface area contributed by atoms with Gasteiger partial charge in [0.1, 0.15) is 16.8 Å². The lowest BCUT2D eigenvalue weighted by Crippen LogP contribution is -2.09. The number of sulfone groups is 1. The molecule has 0 fully saturated rings. The molecular formula is C11H9NO4S. The van der Waals surface area contributed by atoms with E-state index in [4.69, 9.17) is 4.84 Å². The average Bonchev–Trinajstić information content (AvgIpc) is 2.81. The van der Waals surface area contributed by atoms with Gasteiger partial charge in [0.05, 0.1) is 5.70 Å². The molecule has 1 aromatic carbocycles. The van der Waals surface area contributed by atoms with Gasteiger partial charge in [0.25, 0.3) is 0 Å². The molecular weight excluding hydrogens is 242 g/mol. The molecule has 0 radical (unpaired) electrons. The van der Waals surface area contributed by atoms with Crippen LogP contribution in [0.15, 0.2) is 40.7 Å². The molecule has 0 amide bonds. The first-order chi connectivity index (χ1) is 8.08. The zero-order valence-electron chi connectivity index (χ0n) is 8.62. The first kappa shape index (κ1) is 10.4. The number of hydrogen-bond acceptors (Lipinski definition) is 5. The molecule has 2 aliphatic rings. The standard InChI is InChI=1S/C11H9NO4S/c13-8-3-1-2-7(6-8)10-11-9(16-12-10)4-5-17(11,14)15/h1-6,9,12-13H. The van der Waals surface area contributed by atoms with Crippen LogP contribution in [0.1, 0.15) is 5.56 Å². The third-order valence-corrected chi connectivity index (χ3v) is 4.23. The Morgan fingerprint density at radius 3 is 2.94 bits per heavy atom. The van der Waals surface area contributed by atoms with E-state index >= 15 is 0 Å². The van der Waals surface area contributed by atoms with Crippen LogP contribution in [0.5, 0.6) is 5.75 Å². The Balaban J connectivity index is 2.19. The summed E-state index contributed by atoms with van der Waals surface area (Å²) in [6.45, 7) is 0. The lowest BCUT2D eigenvalue weighted by Gasteiger charge is -2.04. The topological polar surface area (TPSA) is 75.6 Å². The molecule has 2 aliphatic heterocycles. The van der Waals surface area contributed by atoms with E-state index in [0.29, 0.717) is 11.3 Å². The largest absolute Gasteiger partial charge is 0.508 e. The molecule has 0 spiro atoms. The van der Waals surface area contributed by atoms with Crippen molar-refractivity contribution < 1.29 is 18.4 Å². The van der Waals surface area contributed by atoms with Crippen molar-refractivity contribution in [2.45, 2.75) is 6.10 Å². The minimum atomic E-state index is -3.40. The second-order valence-corrected chi connectivity index (χ2v) is 5.61. The van der Waals surface area contributed by atoms with Gasteiger partial charge in [-0.3, -0.25) is 10.3 Å². The van der Waals surface area contributed by atoms with Crippen LogP contribution in [-0.4, -0.2) is 19.6 Å². The lowest BCUT2D eigenvalue weighted by atomic mass is 10.1. The third kappa shape index (κ3) is 1.53. The van der Waals surface area contributed by atoms with Crippen LogP contribution in [0.2, 0.25) is 0 Å². The van der Waals surface area contributed by atoms with Gasteiger partial charge in [0, 0.05) is 11.0 Å². The molecule has 0 saturated heterocycles. The zero-order valence-corrected chi connectivity index (χ0v) is 9.44. The zero-order chi connectivity index (χ0) is 12.0. The van der Waals surface area contributed by atoms with Gasteiger partial charge in [0.15, 0.2) is 0 Å². The number of nitrogens with one attached hydrogen (secondary N) is 1. The molecule has 88 valence electrons. The summed E-state index contributed by atoms with van der Waals surface area (Å²) in [5, 5.41) is 10.5. The number of benzene rings is 1. The number of fused-ring (bicyclic) bond motifs is 1. The van der Waals surface area contributed by atoms with Crippen LogP contribution >= 0.6 is 0 Å². The summed E-state index contributed by atoms with van der Waals surface area (Å²) in [5.41, 5.74) is 3.56. The highest BCUT2D eigenvalue weighted by Gasteiger charge is 2.38. The number of aromatic hydroxyl groups is 1. The van der Waals surface area contributed by atoms with Crippen molar-refractivity contribution in [2.75, 3.05) is 0 Å². The molecule has 0 saturated carbocycles. The molecule has 0 bridgehead atoms. The van der Waals surface area contributed by atoms with Gasteiger partial charge in [-0.2, -0.15) is 0 Å². The van der Waals surface area contributed by atoms with Crippen LogP contribution in [0.25, 0.3) is 5.70 Å². The van der Waals surface area contributed by atoms with Gasteiger partial charge in [-0.25, -0.2) is 8.42 Å². The molecule has 1 atom stereocenters. The minimum absolute atomic E-state index is 0.0733. The van der Waals surface area contributed by atoms with E-state index in [1.54, 1.807) is 12.1 Å². The second-order valence-electron chi connectivity index (χ2n) is 3.80. The molecule has 1 unspecified atom stereocenters. The summed E-state index contributed by atoms with van der Waals surface area (Å²) in [5.74, 6) is 0.0733. The maximum absolute atomic E-state index is 11.8. The Kier molecular flexibility index (Phi) is 2.04. The van der Waals surface area contributed by atoms with Crippen molar-refractivity contribution in [3.05, 3.63) is 46.2 Å². The highest BCUT2D eigenvalue weighted by Crippen LogP contribution is 2.35. The summed E-state index contributed by atoms with van der Waals surface area (Å²) in [6, 6.07) is 6.34. The number of phenols is 1. The average molecular weight is 251 g/mol. The molecule has 3 rings (SSSR count). The first-order valence-electron chi connectivity index (χ1n) is 4.96. The second kappa shape index (κ2) is 3.35. The van der Waals surface area contributed by atoms with Crippen molar-refractivity contribution in [3.63, 3.8) is 0 Å². The van der Waals surface area contributed by atoms with Gasteiger partial charge in [-0.15, -0.1) is 0 Å². The summed E-state index contributed by atoms with van der Waals surface area (Å²) in [7, 11) is -3.40. The fraction of sp³-hybridized carbons (Fsp3) is 0.0909. The van der Waals surface area contributed by atoms with Crippen molar-refractivity contribution in [1.29, 1.82) is 0 Å². The van der Waals surface area contributed by atoms with Crippen molar-refractivity contribution in [1.82, 2.24) is 5.48 Å². The van der Waals surface area contributed by atoms with Gasteiger partial charge < -0.3 is 5.11 Å². The Labute approximate surface area is 97.9 Å². The predicted octanol–water partition coefficient (Wildman–Crippen LogP) is 0.906. The van der Waals surface area contributed by atoms with E-state index in [1.165, 1.54) is 18.2 Å². The molecule has 1 aromatic rings. The molecule has 17 heavy (non-hydrogen) atoms. The van der Waals surface area contributed by atoms with E-state index in [2.05, 4.69) is 5.48 Å². The van der Waals surface area contributed by atoms with Gasteiger partial charge in [0.2, 0.25) is 9.84 Å². The summed E-state index contributed by atoms with van der Waals surface area (Å²) in [4.78, 5) is 5.35. The van der Waals surface area contributed by atoms with Gasteiger partial charge in [-0.05, 0) is 18.2 Å². The first-order valence-corrected chi connectivity index (χ1v) is 6.51. The van der Waals surface area contributed by atoms with E-state index in [-0.39, 0.29) is 10.7 Å². The smallest absolute Gasteiger partial charge is 0.200 e. The molecule has 5 nitrogen and oxygen atoms in total.